The van der Waals surface area contributed by atoms with E-state index in [0.717, 1.165) is 0 Å². The molecule has 0 radical (unpaired) electrons. The first-order valence-electron chi connectivity index (χ1n) is 5.78. The lowest BCUT2D eigenvalue weighted by Crippen LogP contribution is -1.92. The van der Waals surface area contributed by atoms with Gasteiger partial charge in [-0.05, 0) is 30.3 Å². The number of fused-ring (bicyclic) bond motifs is 1. The van der Waals surface area contributed by atoms with Gasteiger partial charge in [0.05, 0.1) is 22.3 Å². The number of aromatic nitrogens is 1. The Hall–Kier alpha value is -2.71. The molecule has 3 rings (SSSR count). The van der Waals surface area contributed by atoms with Crippen molar-refractivity contribution in [3.8, 4) is 6.07 Å². The van der Waals surface area contributed by atoms with Crippen LogP contribution in [0.25, 0.3) is 11.1 Å². The highest BCUT2D eigenvalue weighted by molar-refractivity contribution is 6.33. The molecule has 20 heavy (non-hydrogen) atoms. The monoisotopic (exact) mass is 284 g/mol. The van der Waals surface area contributed by atoms with Crippen LogP contribution in [-0.2, 0) is 0 Å². The minimum atomic E-state index is 0.294. The Balaban J connectivity index is 1.99. The number of nitriles is 1. The van der Waals surface area contributed by atoms with E-state index in [1.807, 2.05) is 6.07 Å². The fourth-order valence-electron chi connectivity index (χ4n) is 1.80. The van der Waals surface area contributed by atoms with Crippen molar-refractivity contribution in [2.45, 2.75) is 0 Å². The van der Waals surface area contributed by atoms with Crippen LogP contribution in [0, 0.1) is 11.3 Å². The van der Waals surface area contributed by atoms with Crippen LogP contribution in [0.3, 0.4) is 0 Å². The number of halogens is 1. The van der Waals surface area contributed by atoms with E-state index in [4.69, 9.17) is 27.0 Å². The van der Waals surface area contributed by atoms with Gasteiger partial charge in [0, 0.05) is 11.8 Å². The summed E-state index contributed by atoms with van der Waals surface area (Å²) >= 11 is 6.07. The zero-order valence-corrected chi connectivity index (χ0v) is 11.0. The summed E-state index contributed by atoms with van der Waals surface area (Å²) in [4.78, 5) is 4.27. The zero-order valence-electron chi connectivity index (χ0n) is 10.2. The molecule has 1 heterocycles. The Kier molecular flexibility index (Phi) is 2.93. The first-order valence-corrected chi connectivity index (χ1v) is 6.16. The molecule has 3 aromatic rings. The molecule has 0 spiro atoms. The Morgan fingerprint density at radius 2 is 2.10 bits per heavy atom. The summed E-state index contributed by atoms with van der Waals surface area (Å²) in [6, 6.07) is 12.5. The molecular formula is C14H9ClN4O. The molecule has 0 saturated carbocycles. The van der Waals surface area contributed by atoms with E-state index >= 15 is 0 Å². The molecule has 0 amide bonds. The fourth-order valence-corrected chi connectivity index (χ4v) is 1.97. The molecule has 0 aliphatic heterocycles. The molecular weight excluding hydrogens is 276 g/mol. The van der Waals surface area contributed by atoms with Crippen molar-refractivity contribution in [3.05, 3.63) is 47.0 Å². The minimum absolute atomic E-state index is 0.294. The second-order valence-corrected chi connectivity index (χ2v) is 4.58. The molecule has 0 aliphatic rings. The number of nitrogens with one attached hydrogen (secondary N) is 1. The van der Waals surface area contributed by atoms with E-state index in [2.05, 4.69) is 10.3 Å². The molecule has 0 bridgehead atoms. The first kappa shape index (κ1) is 12.3. The number of anilines is 3. The molecule has 0 fully saturated rings. The Labute approximate surface area is 119 Å². The third-order valence-corrected chi connectivity index (χ3v) is 3.08. The van der Waals surface area contributed by atoms with Gasteiger partial charge in [0.15, 0.2) is 5.58 Å². The minimum Gasteiger partial charge on any atom is -0.423 e. The molecule has 6 heteroatoms. The number of oxazole rings is 1. The third kappa shape index (κ3) is 2.25. The normalized spacial score (nSPS) is 10.4. The molecule has 3 N–H and O–H groups in total. The van der Waals surface area contributed by atoms with Crippen molar-refractivity contribution in [2.24, 2.45) is 0 Å². The van der Waals surface area contributed by atoms with E-state index in [1.165, 1.54) is 0 Å². The SMILES string of the molecule is N#Cc1ccc(Cl)c(Nc2nc3ccc(N)cc3o2)c1. The average Bonchev–Trinajstić information content (AvgIpc) is 2.82. The number of nitrogen functional groups attached to an aromatic ring is 1. The van der Waals surface area contributed by atoms with Crippen LogP contribution in [0.1, 0.15) is 5.56 Å². The maximum absolute atomic E-state index is 8.89. The lowest BCUT2D eigenvalue weighted by atomic mass is 10.2. The summed E-state index contributed by atoms with van der Waals surface area (Å²) in [5.41, 5.74) is 8.61. The van der Waals surface area contributed by atoms with Crippen LogP contribution in [0.2, 0.25) is 5.02 Å². The lowest BCUT2D eigenvalue weighted by Gasteiger charge is -2.04. The second-order valence-electron chi connectivity index (χ2n) is 4.18. The predicted molar refractivity (Wildman–Crippen MR) is 77.9 cm³/mol. The van der Waals surface area contributed by atoms with Gasteiger partial charge in [-0.2, -0.15) is 10.2 Å². The molecule has 0 aliphatic carbocycles. The number of benzene rings is 2. The fraction of sp³-hybridized carbons (Fsp3) is 0. The van der Waals surface area contributed by atoms with Crippen LogP contribution in [0.4, 0.5) is 17.4 Å². The van der Waals surface area contributed by atoms with Gasteiger partial charge in [0.2, 0.25) is 0 Å². The van der Waals surface area contributed by atoms with Crippen LogP contribution >= 0.6 is 11.6 Å². The van der Waals surface area contributed by atoms with E-state index in [0.29, 0.717) is 39.1 Å². The van der Waals surface area contributed by atoms with Gasteiger partial charge in [-0.1, -0.05) is 11.6 Å². The number of rotatable bonds is 2. The van der Waals surface area contributed by atoms with E-state index in [1.54, 1.807) is 36.4 Å². The van der Waals surface area contributed by atoms with Gasteiger partial charge < -0.3 is 15.5 Å². The first-order chi connectivity index (χ1) is 9.65. The molecule has 2 aromatic carbocycles. The van der Waals surface area contributed by atoms with Gasteiger partial charge in [-0.25, -0.2) is 0 Å². The molecule has 1 aromatic heterocycles. The van der Waals surface area contributed by atoms with E-state index in [9.17, 15) is 0 Å². The quantitative estimate of drug-likeness (QED) is 0.701. The Bertz CT molecular complexity index is 835. The summed E-state index contributed by atoms with van der Waals surface area (Å²) in [7, 11) is 0. The predicted octanol–water partition coefficient (Wildman–Crippen LogP) is 3.68. The van der Waals surface area contributed by atoms with Gasteiger partial charge in [0.25, 0.3) is 6.01 Å². The Morgan fingerprint density at radius 1 is 1.25 bits per heavy atom. The lowest BCUT2D eigenvalue weighted by molar-refractivity contribution is 0.623. The van der Waals surface area contributed by atoms with E-state index < -0.39 is 0 Å². The average molecular weight is 285 g/mol. The van der Waals surface area contributed by atoms with Gasteiger partial charge >= 0.3 is 0 Å². The van der Waals surface area contributed by atoms with Crippen molar-refractivity contribution >= 4 is 40.1 Å². The van der Waals surface area contributed by atoms with Gasteiger partial charge in [-0.3, -0.25) is 0 Å². The van der Waals surface area contributed by atoms with Crippen molar-refractivity contribution in [1.29, 1.82) is 5.26 Å². The maximum Gasteiger partial charge on any atom is 0.300 e. The highest BCUT2D eigenvalue weighted by Crippen LogP contribution is 2.28. The number of nitrogens with two attached hydrogens (primary N) is 1. The van der Waals surface area contributed by atoms with Crippen molar-refractivity contribution < 1.29 is 4.42 Å². The topological polar surface area (TPSA) is 87.9 Å². The molecule has 0 unspecified atom stereocenters. The van der Waals surface area contributed by atoms with Crippen LogP contribution in [0.15, 0.2) is 40.8 Å². The highest BCUT2D eigenvalue weighted by atomic mass is 35.5. The molecule has 0 saturated heterocycles. The Morgan fingerprint density at radius 3 is 2.90 bits per heavy atom. The largest absolute Gasteiger partial charge is 0.423 e. The summed E-state index contributed by atoms with van der Waals surface area (Å²) in [5.74, 6) is 0. The summed E-state index contributed by atoms with van der Waals surface area (Å²) in [6.45, 7) is 0. The van der Waals surface area contributed by atoms with Crippen molar-refractivity contribution in [3.63, 3.8) is 0 Å². The smallest absolute Gasteiger partial charge is 0.300 e. The maximum atomic E-state index is 8.89. The molecule has 98 valence electrons. The second kappa shape index (κ2) is 4.76. The highest BCUT2D eigenvalue weighted by Gasteiger charge is 2.09. The molecule has 5 nitrogen and oxygen atoms in total. The number of hydrogen-bond acceptors (Lipinski definition) is 5. The van der Waals surface area contributed by atoms with Crippen LogP contribution in [-0.4, -0.2) is 4.98 Å². The van der Waals surface area contributed by atoms with Crippen molar-refractivity contribution in [2.75, 3.05) is 11.1 Å². The number of nitrogens with zero attached hydrogens (tertiary/aromatic N) is 2. The van der Waals surface area contributed by atoms with E-state index in [-0.39, 0.29) is 0 Å². The van der Waals surface area contributed by atoms with Crippen LogP contribution < -0.4 is 11.1 Å². The molecule has 0 atom stereocenters. The standard InChI is InChI=1S/C14H9ClN4O/c15-10-3-1-8(7-16)5-12(10)19-14-18-11-4-2-9(17)6-13(11)20-14/h1-6H,17H2,(H,18,19). The zero-order chi connectivity index (χ0) is 14.1. The van der Waals surface area contributed by atoms with Gasteiger partial charge in [-0.15, -0.1) is 0 Å². The summed E-state index contributed by atoms with van der Waals surface area (Å²) in [6.07, 6.45) is 0. The summed E-state index contributed by atoms with van der Waals surface area (Å²) < 4.78 is 5.54. The van der Waals surface area contributed by atoms with Crippen molar-refractivity contribution in [1.82, 2.24) is 4.98 Å². The van der Waals surface area contributed by atoms with Gasteiger partial charge in [0.1, 0.15) is 5.52 Å². The third-order valence-electron chi connectivity index (χ3n) is 2.75. The number of hydrogen-bond donors (Lipinski definition) is 2. The summed E-state index contributed by atoms with van der Waals surface area (Å²) in [5, 5.41) is 12.3. The van der Waals surface area contributed by atoms with Crippen LogP contribution in [0.5, 0.6) is 0 Å².